The van der Waals surface area contributed by atoms with Crippen LogP contribution in [0, 0.1) is 5.92 Å². The zero-order valence-electron chi connectivity index (χ0n) is 13.9. The standard InChI is InChI=1S/C17H23NO5/c1-5-11(2)14(13-9-7-6-8-10-13)16(20)23-12(3)15(19)18-17(21)22-4/h6-12,14H,5H2,1-4H3,(H,18,19,21)/t11-,12-,14+/m0/s1. The summed E-state index contributed by atoms with van der Waals surface area (Å²) in [6, 6.07) is 9.29. The minimum Gasteiger partial charge on any atom is -0.453 e. The van der Waals surface area contributed by atoms with Crippen molar-refractivity contribution in [3.8, 4) is 0 Å². The van der Waals surface area contributed by atoms with Gasteiger partial charge >= 0.3 is 12.1 Å². The van der Waals surface area contributed by atoms with E-state index < -0.39 is 30.0 Å². The largest absolute Gasteiger partial charge is 0.453 e. The molecule has 0 saturated heterocycles. The Morgan fingerprint density at radius 2 is 1.74 bits per heavy atom. The minimum absolute atomic E-state index is 0.0563. The van der Waals surface area contributed by atoms with Crippen LogP contribution < -0.4 is 5.32 Å². The smallest absolute Gasteiger partial charge is 0.413 e. The third-order valence-electron chi connectivity index (χ3n) is 3.70. The predicted molar refractivity (Wildman–Crippen MR) is 84.7 cm³/mol. The monoisotopic (exact) mass is 321 g/mol. The number of esters is 1. The molecule has 1 aromatic carbocycles. The maximum atomic E-state index is 12.5. The number of carbonyl (C=O) groups is 3. The zero-order chi connectivity index (χ0) is 17.4. The SMILES string of the molecule is CC[C@H](C)[C@@H](C(=O)O[C@@H](C)C(=O)NC(=O)OC)c1ccccc1. The fraction of sp³-hybridized carbons (Fsp3) is 0.471. The molecule has 0 unspecified atom stereocenters. The number of rotatable bonds is 6. The van der Waals surface area contributed by atoms with Crippen LogP contribution in [0.1, 0.15) is 38.7 Å². The van der Waals surface area contributed by atoms with Gasteiger partial charge in [-0.15, -0.1) is 0 Å². The van der Waals surface area contributed by atoms with Crippen LogP contribution in [-0.2, 0) is 19.1 Å². The lowest BCUT2D eigenvalue weighted by molar-refractivity contribution is -0.157. The van der Waals surface area contributed by atoms with Gasteiger partial charge in [-0.1, -0.05) is 50.6 Å². The number of carbonyl (C=O) groups excluding carboxylic acids is 3. The molecule has 2 amide bonds. The van der Waals surface area contributed by atoms with Gasteiger partial charge in [0.15, 0.2) is 6.10 Å². The van der Waals surface area contributed by atoms with Crippen LogP contribution in [0.4, 0.5) is 4.79 Å². The fourth-order valence-electron chi connectivity index (χ4n) is 2.15. The molecule has 23 heavy (non-hydrogen) atoms. The molecular weight excluding hydrogens is 298 g/mol. The Hall–Kier alpha value is -2.37. The van der Waals surface area contributed by atoms with Crippen LogP contribution >= 0.6 is 0 Å². The molecule has 0 radical (unpaired) electrons. The van der Waals surface area contributed by atoms with E-state index in [0.29, 0.717) is 0 Å². The number of ether oxygens (including phenoxy) is 2. The second-order valence-electron chi connectivity index (χ2n) is 5.33. The lowest BCUT2D eigenvalue weighted by Crippen LogP contribution is -2.40. The first kappa shape index (κ1) is 18.7. The molecule has 0 fully saturated rings. The number of methoxy groups -OCH3 is 1. The van der Waals surface area contributed by atoms with E-state index in [0.717, 1.165) is 19.1 Å². The van der Waals surface area contributed by atoms with Gasteiger partial charge in [-0.05, 0) is 18.4 Å². The molecule has 6 heteroatoms. The normalized spacial score (nSPS) is 14.3. The predicted octanol–water partition coefficient (Wildman–Crippen LogP) is 2.63. The van der Waals surface area contributed by atoms with Crippen LogP contribution in [0.5, 0.6) is 0 Å². The molecule has 0 heterocycles. The van der Waals surface area contributed by atoms with Gasteiger partial charge in [-0.2, -0.15) is 0 Å². The van der Waals surface area contributed by atoms with Gasteiger partial charge in [0, 0.05) is 0 Å². The highest BCUT2D eigenvalue weighted by Crippen LogP contribution is 2.28. The lowest BCUT2D eigenvalue weighted by Gasteiger charge is -2.23. The number of hydrogen-bond donors (Lipinski definition) is 1. The maximum Gasteiger partial charge on any atom is 0.413 e. The first-order chi connectivity index (χ1) is 10.9. The molecule has 0 aromatic heterocycles. The summed E-state index contributed by atoms with van der Waals surface area (Å²) in [5.41, 5.74) is 0.840. The molecule has 6 nitrogen and oxygen atoms in total. The Bertz CT molecular complexity index is 543. The molecular formula is C17H23NO5. The Balaban J connectivity index is 2.82. The number of imide groups is 1. The molecule has 0 bridgehead atoms. The highest BCUT2D eigenvalue weighted by molar-refractivity contribution is 5.95. The fourth-order valence-corrected chi connectivity index (χ4v) is 2.15. The van der Waals surface area contributed by atoms with E-state index in [1.54, 1.807) is 0 Å². The first-order valence-electron chi connectivity index (χ1n) is 7.54. The summed E-state index contributed by atoms with van der Waals surface area (Å²) in [4.78, 5) is 35.3. The van der Waals surface area contributed by atoms with Crippen molar-refractivity contribution in [1.29, 1.82) is 0 Å². The van der Waals surface area contributed by atoms with Crippen molar-refractivity contribution in [2.24, 2.45) is 5.92 Å². The average molecular weight is 321 g/mol. The summed E-state index contributed by atoms with van der Waals surface area (Å²) in [6.07, 6.45) is -1.19. The number of nitrogens with one attached hydrogen (secondary N) is 1. The van der Waals surface area contributed by atoms with Crippen molar-refractivity contribution in [1.82, 2.24) is 5.32 Å². The second-order valence-corrected chi connectivity index (χ2v) is 5.33. The Kier molecular flexibility index (Phi) is 7.25. The summed E-state index contributed by atoms with van der Waals surface area (Å²) in [5.74, 6) is -1.62. The molecule has 0 saturated carbocycles. The van der Waals surface area contributed by atoms with Crippen LogP contribution in [-0.4, -0.2) is 31.2 Å². The van der Waals surface area contributed by atoms with Crippen molar-refractivity contribution in [2.45, 2.75) is 39.2 Å². The third-order valence-corrected chi connectivity index (χ3v) is 3.70. The van der Waals surface area contributed by atoms with Crippen LogP contribution in [0.3, 0.4) is 0 Å². The van der Waals surface area contributed by atoms with Crippen LogP contribution in [0.25, 0.3) is 0 Å². The van der Waals surface area contributed by atoms with E-state index in [4.69, 9.17) is 4.74 Å². The van der Waals surface area contributed by atoms with Gasteiger partial charge in [0.1, 0.15) is 0 Å². The van der Waals surface area contributed by atoms with E-state index in [1.165, 1.54) is 6.92 Å². The van der Waals surface area contributed by atoms with E-state index in [-0.39, 0.29) is 5.92 Å². The number of amides is 2. The molecule has 0 aliphatic rings. The van der Waals surface area contributed by atoms with E-state index in [2.05, 4.69) is 4.74 Å². The minimum atomic E-state index is -1.09. The lowest BCUT2D eigenvalue weighted by atomic mass is 9.85. The Labute approximate surface area is 136 Å². The molecule has 1 N–H and O–H groups in total. The van der Waals surface area contributed by atoms with E-state index in [1.807, 2.05) is 49.5 Å². The van der Waals surface area contributed by atoms with Crippen molar-refractivity contribution < 1.29 is 23.9 Å². The highest BCUT2D eigenvalue weighted by Gasteiger charge is 2.30. The summed E-state index contributed by atoms with van der Waals surface area (Å²) < 4.78 is 9.58. The first-order valence-corrected chi connectivity index (χ1v) is 7.54. The molecule has 0 spiro atoms. The quantitative estimate of drug-likeness (QED) is 0.815. The Morgan fingerprint density at radius 1 is 1.13 bits per heavy atom. The van der Waals surface area contributed by atoms with Gasteiger partial charge in [0.2, 0.25) is 0 Å². The summed E-state index contributed by atoms with van der Waals surface area (Å²) in [5, 5.41) is 1.98. The summed E-state index contributed by atoms with van der Waals surface area (Å²) in [6.45, 7) is 5.36. The van der Waals surface area contributed by atoms with Crippen LogP contribution in [0.2, 0.25) is 0 Å². The molecule has 1 rings (SSSR count). The molecule has 1 aromatic rings. The number of hydrogen-bond acceptors (Lipinski definition) is 5. The van der Waals surface area contributed by atoms with E-state index >= 15 is 0 Å². The van der Waals surface area contributed by atoms with Crippen LogP contribution in [0.15, 0.2) is 30.3 Å². The van der Waals surface area contributed by atoms with Crippen molar-refractivity contribution in [3.63, 3.8) is 0 Å². The van der Waals surface area contributed by atoms with Gasteiger partial charge in [-0.3, -0.25) is 14.9 Å². The number of alkyl carbamates (subject to hydrolysis) is 1. The van der Waals surface area contributed by atoms with Gasteiger partial charge in [-0.25, -0.2) is 4.79 Å². The summed E-state index contributed by atoms with van der Waals surface area (Å²) in [7, 11) is 1.15. The van der Waals surface area contributed by atoms with E-state index in [9.17, 15) is 14.4 Å². The summed E-state index contributed by atoms with van der Waals surface area (Å²) >= 11 is 0. The zero-order valence-corrected chi connectivity index (χ0v) is 13.9. The third kappa shape index (κ3) is 5.39. The molecule has 126 valence electrons. The Morgan fingerprint density at radius 3 is 2.26 bits per heavy atom. The van der Waals surface area contributed by atoms with Gasteiger partial charge in [0.25, 0.3) is 5.91 Å². The van der Waals surface area contributed by atoms with Gasteiger partial charge in [0.05, 0.1) is 13.0 Å². The molecule has 0 aliphatic carbocycles. The van der Waals surface area contributed by atoms with Crippen molar-refractivity contribution in [3.05, 3.63) is 35.9 Å². The highest BCUT2D eigenvalue weighted by atomic mass is 16.6. The van der Waals surface area contributed by atoms with Gasteiger partial charge < -0.3 is 9.47 Å². The second kappa shape index (κ2) is 8.92. The topological polar surface area (TPSA) is 81.7 Å². The van der Waals surface area contributed by atoms with Crippen molar-refractivity contribution in [2.75, 3.05) is 7.11 Å². The average Bonchev–Trinajstić information content (AvgIpc) is 2.55. The maximum absolute atomic E-state index is 12.5. The number of benzene rings is 1. The molecule has 0 aliphatic heterocycles. The molecule has 3 atom stereocenters. The van der Waals surface area contributed by atoms with Crippen molar-refractivity contribution >= 4 is 18.0 Å².